The van der Waals surface area contributed by atoms with Crippen LogP contribution in [0.2, 0.25) is 0 Å². The van der Waals surface area contributed by atoms with Crippen molar-refractivity contribution in [2.45, 2.75) is 19.1 Å². The van der Waals surface area contributed by atoms with E-state index in [1.807, 2.05) is 0 Å². The summed E-state index contributed by atoms with van der Waals surface area (Å²) in [5.74, 6) is -2.14. The molecule has 98 valence electrons. The molecule has 1 rings (SSSR count). The summed E-state index contributed by atoms with van der Waals surface area (Å²) in [5, 5.41) is 28.9. The number of aliphatic hydroxyl groups excluding tert-OH is 1. The van der Waals surface area contributed by atoms with Gasteiger partial charge in [-0.25, -0.2) is 0 Å². The largest absolute Gasteiger partial charge is 0.481 e. The van der Waals surface area contributed by atoms with Gasteiger partial charge in [0.1, 0.15) is 0 Å². The number of carbonyl (C=O) groups is 2. The minimum absolute atomic E-state index is 0.257. The van der Waals surface area contributed by atoms with Gasteiger partial charge in [-0.1, -0.05) is 6.07 Å². The Hall–Kier alpha value is -1.99. The first-order valence-corrected chi connectivity index (χ1v) is 5.26. The predicted molar refractivity (Wildman–Crippen MR) is 60.8 cm³/mol. The van der Waals surface area contributed by atoms with E-state index in [0.717, 1.165) is 0 Å². The van der Waals surface area contributed by atoms with Crippen LogP contribution < -0.4 is 5.32 Å². The van der Waals surface area contributed by atoms with Crippen LogP contribution in [0.5, 0.6) is 0 Å². The molecule has 0 saturated carbocycles. The highest BCUT2D eigenvalue weighted by Gasteiger charge is 2.17. The van der Waals surface area contributed by atoms with Crippen LogP contribution in [0.25, 0.3) is 0 Å². The molecule has 0 amide bonds. The number of aliphatic hydroxyl groups is 1. The number of hydrogen-bond donors (Lipinski definition) is 4. The van der Waals surface area contributed by atoms with E-state index < -0.39 is 18.0 Å². The van der Waals surface area contributed by atoms with Gasteiger partial charge in [0, 0.05) is 0 Å². The van der Waals surface area contributed by atoms with E-state index >= 15 is 0 Å². The van der Waals surface area contributed by atoms with E-state index in [1.165, 1.54) is 0 Å². The predicted octanol–water partition coefficient (Wildman–Crippen LogP) is -0.236. The zero-order valence-electron chi connectivity index (χ0n) is 9.54. The minimum Gasteiger partial charge on any atom is -0.481 e. The Morgan fingerprint density at radius 1 is 1.28 bits per heavy atom. The Bertz CT molecular complexity index is 435. The average Bonchev–Trinajstić information content (AvgIpc) is 2.34. The summed E-state index contributed by atoms with van der Waals surface area (Å²) in [4.78, 5) is 25.2. The van der Waals surface area contributed by atoms with Crippen molar-refractivity contribution in [1.29, 1.82) is 0 Å². The Labute approximate surface area is 103 Å². The van der Waals surface area contributed by atoms with E-state index in [2.05, 4.69) is 10.3 Å². The van der Waals surface area contributed by atoms with Crippen molar-refractivity contribution in [3.05, 3.63) is 29.6 Å². The normalized spacial score (nSPS) is 12.1. The van der Waals surface area contributed by atoms with Gasteiger partial charge in [0.25, 0.3) is 0 Å². The van der Waals surface area contributed by atoms with Crippen LogP contribution in [0.15, 0.2) is 18.2 Å². The maximum atomic E-state index is 10.7. The molecule has 1 heterocycles. The van der Waals surface area contributed by atoms with Crippen molar-refractivity contribution in [2.75, 3.05) is 6.54 Å². The average molecular weight is 254 g/mol. The van der Waals surface area contributed by atoms with Gasteiger partial charge in [0.05, 0.1) is 37.0 Å². The van der Waals surface area contributed by atoms with E-state index in [0.29, 0.717) is 11.4 Å². The fourth-order valence-electron chi connectivity index (χ4n) is 1.45. The number of carboxylic acid groups (broad SMARTS) is 2. The standard InChI is InChI=1S/C11H14N2O5/c14-6-7-2-1-3-8(13-7)9(4-10(15)16)12-5-11(17)18/h1-3,9,12,14H,4-6H2,(H,15,16)(H,17,18). The molecule has 0 spiro atoms. The first kappa shape index (κ1) is 14.1. The molecule has 0 aliphatic heterocycles. The lowest BCUT2D eigenvalue weighted by atomic mass is 10.1. The highest BCUT2D eigenvalue weighted by molar-refractivity contribution is 5.70. The lowest BCUT2D eigenvalue weighted by Gasteiger charge is -2.15. The Kier molecular flexibility index (Phi) is 5.22. The van der Waals surface area contributed by atoms with Crippen molar-refractivity contribution >= 4 is 11.9 Å². The van der Waals surface area contributed by atoms with Crippen LogP contribution in [0.1, 0.15) is 23.9 Å². The summed E-state index contributed by atoms with van der Waals surface area (Å²) in [7, 11) is 0. The van der Waals surface area contributed by atoms with E-state index in [4.69, 9.17) is 15.3 Å². The van der Waals surface area contributed by atoms with Crippen LogP contribution in [-0.2, 0) is 16.2 Å². The first-order chi connectivity index (χ1) is 8.52. The molecule has 4 N–H and O–H groups in total. The van der Waals surface area contributed by atoms with Crippen molar-refractivity contribution in [1.82, 2.24) is 10.3 Å². The Morgan fingerprint density at radius 3 is 2.56 bits per heavy atom. The molecule has 1 aromatic heterocycles. The number of aromatic nitrogens is 1. The van der Waals surface area contributed by atoms with Gasteiger partial charge < -0.3 is 15.3 Å². The van der Waals surface area contributed by atoms with Crippen LogP contribution >= 0.6 is 0 Å². The van der Waals surface area contributed by atoms with E-state index in [9.17, 15) is 9.59 Å². The van der Waals surface area contributed by atoms with E-state index in [-0.39, 0.29) is 19.6 Å². The molecule has 0 fully saturated rings. The second kappa shape index (κ2) is 6.67. The van der Waals surface area contributed by atoms with Crippen LogP contribution in [0, 0.1) is 0 Å². The summed E-state index contributed by atoms with van der Waals surface area (Å²) in [5.41, 5.74) is 0.796. The second-order valence-electron chi connectivity index (χ2n) is 3.64. The molecular weight excluding hydrogens is 240 g/mol. The highest BCUT2D eigenvalue weighted by atomic mass is 16.4. The molecule has 7 heteroatoms. The van der Waals surface area contributed by atoms with Crippen LogP contribution in [-0.4, -0.2) is 38.8 Å². The maximum Gasteiger partial charge on any atom is 0.317 e. The number of nitrogens with zero attached hydrogens (tertiary/aromatic N) is 1. The van der Waals surface area contributed by atoms with Crippen molar-refractivity contribution in [3.8, 4) is 0 Å². The third-order valence-corrected chi connectivity index (χ3v) is 2.23. The monoisotopic (exact) mass is 254 g/mol. The lowest BCUT2D eigenvalue weighted by molar-refractivity contribution is -0.139. The highest BCUT2D eigenvalue weighted by Crippen LogP contribution is 2.15. The maximum absolute atomic E-state index is 10.7. The number of hydrogen-bond acceptors (Lipinski definition) is 5. The molecule has 0 aromatic carbocycles. The summed E-state index contributed by atoms with van der Waals surface area (Å²) >= 11 is 0. The molecule has 0 saturated heterocycles. The second-order valence-corrected chi connectivity index (χ2v) is 3.64. The molecule has 0 bridgehead atoms. The quantitative estimate of drug-likeness (QED) is 0.530. The van der Waals surface area contributed by atoms with Gasteiger partial charge in [-0.2, -0.15) is 0 Å². The summed E-state index contributed by atoms with van der Waals surface area (Å²) in [6, 6.07) is 4.11. The van der Waals surface area contributed by atoms with Crippen LogP contribution in [0.3, 0.4) is 0 Å². The molecule has 1 unspecified atom stereocenters. The van der Waals surface area contributed by atoms with Gasteiger partial charge >= 0.3 is 11.9 Å². The van der Waals surface area contributed by atoms with Gasteiger partial charge in [-0.3, -0.25) is 19.9 Å². The molecule has 0 radical (unpaired) electrons. The topological polar surface area (TPSA) is 120 Å². The zero-order valence-corrected chi connectivity index (χ0v) is 9.54. The number of aliphatic carboxylic acids is 2. The number of rotatable bonds is 7. The molecule has 0 aliphatic carbocycles. The molecule has 7 nitrogen and oxygen atoms in total. The fraction of sp³-hybridized carbons (Fsp3) is 0.364. The summed E-state index contributed by atoms with van der Waals surface area (Å²) in [6.45, 7) is -0.616. The fourth-order valence-corrected chi connectivity index (χ4v) is 1.45. The van der Waals surface area contributed by atoms with Crippen molar-refractivity contribution in [2.24, 2.45) is 0 Å². The SMILES string of the molecule is O=C(O)CNC(CC(=O)O)c1cccc(CO)n1. The Balaban J connectivity index is 2.85. The van der Waals surface area contributed by atoms with Gasteiger partial charge in [0.15, 0.2) is 0 Å². The summed E-state index contributed by atoms with van der Waals surface area (Å²) in [6.07, 6.45) is -0.283. The molecule has 0 aliphatic rings. The number of nitrogens with one attached hydrogen (secondary N) is 1. The van der Waals surface area contributed by atoms with Crippen LogP contribution in [0.4, 0.5) is 0 Å². The van der Waals surface area contributed by atoms with Gasteiger partial charge in [-0.15, -0.1) is 0 Å². The summed E-state index contributed by atoms with van der Waals surface area (Å²) < 4.78 is 0. The minimum atomic E-state index is -1.08. The molecular formula is C11H14N2O5. The van der Waals surface area contributed by atoms with Crippen molar-refractivity contribution < 1.29 is 24.9 Å². The Morgan fingerprint density at radius 2 is 2.00 bits per heavy atom. The number of pyridine rings is 1. The molecule has 18 heavy (non-hydrogen) atoms. The molecule has 1 aromatic rings. The third-order valence-electron chi connectivity index (χ3n) is 2.23. The van der Waals surface area contributed by atoms with Gasteiger partial charge in [-0.05, 0) is 12.1 Å². The van der Waals surface area contributed by atoms with E-state index in [1.54, 1.807) is 18.2 Å². The first-order valence-electron chi connectivity index (χ1n) is 5.26. The smallest absolute Gasteiger partial charge is 0.317 e. The third kappa shape index (κ3) is 4.48. The lowest BCUT2D eigenvalue weighted by Crippen LogP contribution is -2.29. The molecule has 1 atom stereocenters. The zero-order chi connectivity index (χ0) is 13.5. The van der Waals surface area contributed by atoms with Gasteiger partial charge in [0.2, 0.25) is 0 Å². The van der Waals surface area contributed by atoms with Crippen molar-refractivity contribution in [3.63, 3.8) is 0 Å². The number of carboxylic acids is 2.